The number of hydrogen-bond donors (Lipinski definition) is 4. The number of nitrogens with one attached hydrogen (secondary N) is 1. The highest BCUT2D eigenvalue weighted by atomic mass is 19.2. The van der Waals surface area contributed by atoms with Crippen molar-refractivity contribution >= 4 is 5.91 Å². The summed E-state index contributed by atoms with van der Waals surface area (Å²) in [5.41, 5.74) is -2.25. The Morgan fingerprint density at radius 2 is 2.15 bits per heavy atom. The van der Waals surface area contributed by atoms with Gasteiger partial charge in [0.2, 0.25) is 0 Å². The van der Waals surface area contributed by atoms with Gasteiger partial charge in [0.1, 0.15) is 0 Å². The minimum Gasteiger partial charge on any atom is -0.394 e. The summed E-state index contributed by atoms with van der Waals surface area (Å²) in [5.74, 6) is -4.63. The van der Waals surface area contributed by atoms with Gasteiger partial charge in [-0.2, -0.15) is 4.39 Å². The van der Waals surface area contributed by atoms with Gasteiger partial charge >= 0.3 is 5.85 Å². The van der Waals surface area contributed by atoms with Crippen LogP contribution in [0.25, 0.3) is 0 Å². The molecule has 13 heavy (non-hydrogen) atoms. The molecule has 0 radical (unpaired) electrons. The first-order chi connectivity index (χ1) is 5.90. The van der Waals surface area contributed by atoms with Crippen LogP contribution in [0.1, 0.15) is 13.3 Å². The summed E-state index contributed by atoms with van der Waals surface area (Å²) in [6.45, 7) is 0.787. The van der Waals surface area contributed by atoms with Crippen LogP contribution in [0.4, 0.5) is 4.39 Å². The third-order valence-electron chi connectivity index (χ3n) is 2.48. The predicted octanol–water partition coefficient (Wildman–Crippen LogP) is -1.72. The SMILES string of the molecule is CCC1(O)C(CO)NC(=O)C1(O)F. The van der Waals surface area contributed by atoms with Crippen molar-refractivity contribution in [2.24, 2.45) is 0 Å². The molecule has 5 nitrogen and oxygen atoms in total. The largest absolute Gasteiger partial charge is 0.394 e. The van der Waals surface area contributed by atoms with E-state index in [0.717, 1.165) is 0 Å². The molecule has 0 saturated carbocycles. The number of hydrogen-bond acceptors (Lipinski definition) is 4. The molecule has 76 valence electrons. The van der Waals surface area contributed by atoms with Crippen molar-refractivity contribution < 1.29 is 24.5 Å². The molecule has 1 fully saturated rings. The molecular weight excluding hydrogens is 181 g/mol. The lowest BCUT2D eigenvalue weighted by molar-refractivity contribution is -0.212. The monoisotopic (exact) mass is 193 g/mol. The standard InChI is InChI=1S/C7H12FNO4/c1-2-6(12)4(3-10)9-5(11)7(6,8)13/h4,10,12-13H,2-3H2,1H3,(H,9,11). The third kappa shape index (κ3) is 1.13. The van der Waals surface area contributed by atoms with Crippen LogP contribution in [0.2, 0.25) is 0 Å². The van der Waals surface area contributed by atoms with E-state index >= 15 is 0 Å². The second-order valence-corrected chi connectivity index (χ2v) is 3.11. The summed E-state index contributed by atoms with van der Waals surface area (Å²) in [7, 11) is 0. The van der Waals surface area contributed by atoms with Gasteiger partial charge in [0.15, 0.2) is 5.60 Å². The van der Waals surface area contributed by atoms with Crippen LogP contribution in [0, 0.1) is 0 Å². The summed E-state index contributed by atoms with van der Waals surface area (Å²) >= 11 is 0. The van der Waals surface area contributed by atoms with E-state index in [-0.39, 0.29) is 6.42 Å². The van der Waals surface area contributed by atoms with Gasteiger partial charge in [0.05, 0.1) is 12.6 Å². The number of amides is 1. The molecule has 0 aromatic heterocycles. The zero-order chi connectivity index (χ0) is 10.3. The van der Waals surface area contributed by atoms with Gasteiger partial charge in [-0.25, -0.2) is 0 Å². The molecule has 6 heteroatoms. The van der Waals surface area contributed by atoms with Gasteiger partial charge in [-0.05, 0) is 6.42 Å². The van der Waals surface area contributed by atoms with Gasteiger partial charge in [-0.3, -0.25) is 4.79 Å². The fourth-order valence-corrected chi connectivity index (χ4v) is 1.48. The van der Waals surface area contributed by atoms with Crippen LogP contribution in [0.3, 0.4) is 0 Å². The van der Waals surface area contributed by atoms with Crippen molar-refractivity contribution in [1.82, 2.24) is 5.32 Å². The first-order valence-corrected chi connectivity index (χ1v) is 3.95. The molecule has 4 N–H and O–H groups in total. The minimum atomic E-state index is -3.32. The summed E-state index contributed by atoms with van der Waals surface area (Å²) in [6.07, 6.45) is -0.177. The molecule has 3 unspecified atom stereocenters. The van der Waals surface area contributed by atoms with E-state index in [9.17, 15) is 14.3 Å². The lowest BCUT2D eigenvalue weighted by Crippen LogP contribution is -2.56. The molecule has 3 atom stereocenters. The van der Waals surface area contributed by atoms with Gasteiger partial charge < -0.3 is 20.6 Å². The molecule has 0 aromatic carbocycles. The minimum absolute atomic E-state index is 0.177. The molecule has 0 bridgehead atoms. The normalized spacial score (nSPS) is 45.0. The number of rotatable bonds is 2. The molecular formula is C7H12FNO4. The number of aliphatic hydroxyl groups excluding tert-OH is 1. The third-order valence-corrected chi connectivity index (χ3v) is 2.48. The lowest BCUT2D eigenvalue weighted by atomic mass is 9.88. The highest BCUT2D eigenvalue weighted by molar-refractivity contribution is 5.88. The van der Waals surface area contributed by atoms with Crippen LogP contribution in [0.15, 0.2) is 0 Å². The molecule has 1 aliphatic heterocycles. The summed E-state index contributed by atoms with van der Waals surface area (Å²) in [5, 5.41) is 29.3. The van der Waals surface area contributed by atoms with E-state index < -0.39 is 30.0 Å². The Hall–Kier alpha value is -0.720. The highest BCUT2D eigenvalue weighted by Gasteiger charge is 2.65. The van der Waals surface area contributed by atoms with Crippen LogP contribution in [-0.4, -0.2) is 45.3 Å². The van der Waals surface area contributed by atoms with Crippen LogP contribution < -0.4 is 5.32 Å². The summed E-state index contributed by atoms with van der Waals surface area (Å²) in [6, 6.07) is -1.17. The van der Waals surface area contributed by atoms with Crippen molar-refractivity contribution in [2.75, 3.05) is 6.61 Å². The fraction of sp³-hybridized carbons (Fsp3) is 0.857. The van der Waals surface area contributed by atoms with Crippen molar-refractivity contribution in [3.63, 3.8) is 0 Å². The molecule has 1 heterocycles. The molecule has 1 saturated heterocycles. The number of carbonyl (C=O) groups excluding carboxylic acids is 1. The van der Waals surface area contributed by atoms with E-state index in [1.807, 2.05) is 5.32 Å². The number of aliphatic hydroxyl groups is 3. The Balaban J connectivity index is 3.06. The second kappa shape index (κ2) is 2.90. The van der Waals surface area contributed by atoms with Crippen molar-refractivity contribution in [3.8, 4) is 0 Å². The van der Waals surface area contributed by atoms with Crippen LogP contribution in [0.5, 0.6) is 0 Å². The average molecular weight is 193 g/mol. The Kier molecular flexibility index (Phi) is 2.31. The molecule has 0 aromatic rings. The Morgan fingerprint density at radius 1 is 1.62 bits per heavy atom. The predicted molar refractivity (Wildman–Crippen MR) is 40.3 cm³/mol. The van der Waals surface area contributed by atoms with E-state index in [1.165, 1.54) is 6.92 Å². The Bertz CT molecular complexity index is 233. The van der Waals surface area contributed by atoms with Gasteiger partial charge in [0.25, 0.3) is 5.91 Å². The fourth-order valence-electron chi connectivity index (χ4n) is 1.48. The maximum Gasteiger partial charge on any atom is 0.317 e. The first-order valence-electron chi connectivity index (χ1n) is 3.95. The maximum absolute atomic E-state index is 13.3. The summed E-state index contributed by atoms with van der Waals surface area (Å²) in [4.78, 5) is 10.8. The molecule has 0 aliphatic carbocycles. The Morgan fingerprint density at radius 3 is 2.46 bits per heavy atom. The van der Waals surface area contributed by atoms with Crippen LogP contribution >= 0.6 is 0 Å². The van der Waals surface area contributed by atoms with E-state index in [2.05, 4.69) is 0 Å². The molecule has 1 rings (SSSR count). The number of halogens is 1. The quantitative estimate of drug-likeness (QED) is 0.420. The van der Waals surface area contributed by atoms with Gasteiger partial charge in [-0.1, -0.05) is 6.92 Å². The average Bonchev–Trinajstić information content (AvgIpc) is 2.26. The van der Waals surface area contributed by atoms with Gasteiger partial charge in [0, 0.05) is 0 Å². The topological polar surface area (TPSA) is 89.8 Å². The maximum atomic E-state index is 13.3. The molecule has 1 aliphatic rings. The van der Waals surface area contributed by atoms with E-state index in [4.69, 9.17) is 10.2 Å². The Labute approximate surface area is 74.2 Å². The molecule has 0 spiro atoms. The van der Waals surface area contributed by atoms with Crippen molar-refractivity contribution in [3.05, 3.63) is 0 Å². The van der Waals surface area contributed by atoms with E-state index in [0.29, 0.717) is 0 Å². The van der Waals surface area contributed by atoms with Crippen molar-refractivity contribution in [1.29, 1.82) is 0 Å². The highest BCUT2D eigenvalue weighted by Crippen LogP contribution is 2.36. The van der Waals surface area contributed by atoms with Gasteiger partial charge in [-0.15, -0.1) is 0 Å². The van der Waals surface area contributed by atoms with E-state index in [1.54, 1.807) is 0 Å². The zero-order valence-corrected chi connectivity index (χ0v) is 7.12. The zero-order valence-electron chi connectivity index (χ0n) is 7.12. The van der Waals surface area contributed by atoms with Crippen LogP contribution in [-0.2, 0) is 4.79 Å². The first kappa shape index (κ1) is 10.4. The summed E-state index contributed by atoms with van der Waals surface area (Å²) < 4.78 is 13.3. The second-order valence-electron chi connectivity index (χ2n) is 3.11. The smallest absolute Gasteiger partial charge is 0.317 e. The van der Waals surface area contributed by atoms with Crippen molar-refractivity contribution in [2.45, 2.75) is 30.8 Å². The number of carbonyl (C=O) groups is 1. The lowest BCUT2D eigenvalue weighted by Gasteiger charge is -2.31. The molecule has 1 amide bonds. The number of alkyl halides is 1.